The van der Waals surface area contributed by atoms with E-state index >= 15 is 0 Å². The Bertz CT molecular complexity index is 199. The Morgan fingerprint density at radius 2 is 1.53 bits per heavy atom. The van der Waals surface area contributed by atoms with E-state index in [1.807, 2.05) is 0 Å². The van der Waals surface area contributed by atoms with Crippen LogP contribution in [0.25, 0.3) is 0 Å². The highest BCUT2D eigenvalue weighted by Gasteiger charge is 2.14. The molecule has 1 aliphatic heterocycles. The third kappa shape index (κ3) is 8.61. The fourth-order valence-electron chi connectivity index (χ4n) is 2.78. The number of hydrogen-bond acceptors (Lipinski definition) is 3. The van der Waals surface area contributed by atoms with Gasteiger partial charge >= 0.3 is 0 Å². The largest absolute Gasteiger partial charge is 0.783 e. The van der Waals surface area contributed by atoms with Gasteiger partial charge in [-0.1, -0.05) is 71.1 Å². The molecule has 1 fully saturated rings. The minimum absolute atomic E-state index is 0.225. The highest BCUT2D eigenvalue weighted by atomic mass is 16.6. The summed E-state index contributed by atoms with van der Waals surface area (Å²) in [5, 5.41) is 12.6. The lowest BCUT2D eigenvalue weighted by Crippen LogP contribution is -2.37. The zero-order valence-electron chi connectivity index (χ0n) is 12.7. The SMILES string of the molecule is CCCCCCCCCCCCC1CCOCN1[O-]. The predicted molar refractivity (Wildman–Crippen MR) is 80.9 cm³/mol. The zero-order valence-corrected chi connectivity index (χ0v) is 12.7. The molecule has 1 rings (SSSR count). The van der Waals surface area contributed by atoms with Crippen molar-refractivity contribution in [3.05, 3.63) is 5.21 Å². The smallest absolute Gasteiger partial charge is 0.0879 e. The van der Waals surface area contributed by atoms with Crippen LogP contribution in [-0.2, 0) is 4.74 Å². The number of hydrogen-bond donors (Lipinski definition) is 0. The average molecular weight is 270 g/mol. The lowest BCUT2D eigenvalue weighted by Gasteiger charge is -2.40. The molecule has 3 nitrogen and oxygen atoms in total. The Balaban J connectivity index is 1.80. The highest BCUT2D eigenvalue weighted by Crippen LogP contribution is 2.17. The number of hydroxylamine groups is 2. The summed E-state index contributed by atoms with van der Waals surface area (Å²) in [7, 11) is 0. The Labute approximate surface area is 119 Å². The van der Waals surface area contributed by atoms with Gasteiger partial charge in [0.2, 0.25) is 0 Å². The van der Waals surface area contributed by atoms with Gasteiger partial charge in [-0.15, -0.1) is 0 Å². The van der Waals surface area contributed by atoms with E-state index in [9.17, 15) is 5.21 Å². The average Bonchev–Trinajstić information content (AvgIpc) is 2.43. The fraction of sp³-hybridized carbons (Fsp3) is 1.00. The molecular weight excluding hydrogens is 238 g/mol. The van der Waals surface area contributed by atoms with Gasteiger partial charge in [0.1, 0.15) is 0 Å². The molecule has 0 spiro atoms. The van der Waals surface area contributed by atoms with Crippen LogP contribution in [0.5, 0.6) is 0 Å². The van der Waals surface area contributed by atoms with Gasteiger partial charge in [0.05, 0.1) is 6.73 Å². The third-order valence-corrected chi connectivity index (χ3v) is 4.11. The topological polar surface area (TPSA) is 35.5 Å². The van der Waals surface area contributed by atoms with Gasteiger partial charge in [-0.05, 0) is 12.8 Å². The molecule has 0 aliphatic carbocycles. The molecule has 0 N–H and O–H groups in total. The summed E-state index contributed by atoms with van der Waals surface area (Å²) in [4.78, 5) is 0. The quantitative estimate of drug-likeness (QED) is 0.504. The Kier molecular flexibility index (Phi) is 10.4. The van der Waals surface area contributed by atoms with E-state index < -0.39 is 0 Å². The van der Waals surface area contributed by atoms with Crippen molar-refractivity contribution >= 4 is 0 Å². The highest BCUT2D eigenvalue weighted by molar-refractivity contribution is 4.73. The van der Waals surface area contributed by atoms with Crippen molar-refractivity contribution in [2.24, 2.45) is 0 Å². The van der Waals surface area contributed by atoms with E-state index in [0.29, 0.717) is 0 Å². The van der Waals surface area contributed by atoms with Crippen LogP contribution in [0.3, 0.4) is 0 Å². The van der Waals surface area contributed by atoms with Crippen molar-refractivity contribution in [2.45, 2.75) is 90.0 Å². The van der Waals surface area contributed by atoms with Crippen LogP contribution in [-0.4, -0.2) is 24.4 Å². The van der Waals surface area contributed by atoms with Crippen molar-refractivity contribution in [3.63, 3.8) is 0 Å². The predicted octanol–water partition coefficient (Wildman–Crippen LogP) is 4.84. The first kappa shape index (κ1) is 16.9. The van der Waals surface area contributed by atoms with Gasteiger partial charge in [0.15, 0.2) is 0 Å². The molecule has 0 radical (unpaired) electrons. The summed E-state index contributed by atoms with van der Waals surface area (Å²) >= 11 is 0. The van der Waals surface area contributed by atoms with E-state index in [4.69, 9.17) is 4.74 Å². The Morgan fingerprint density at radius 1 is 0.947 bits per heavy atom. The summed E-state index contributed by atoms with van der Waals surface area (Å²) < 4.78 is 5.13. The number of nitrogens with zero attached hydrogens (tertiary/aromatic N) is 1. The van der Waals surface area contributed by atoms with Crippen LogP contribution in [0, 0.1) is 5.21 Å². The molecule has 1 unspecified atom stereocenters. The second kappa shape index (κ2) is 11.7. The Hall–Kier alpha value is -0.120. The van der Waals surface area contributed by atoms with Gasteiger partial charge in [0.25, 0.3) is 0 Å². The zero-order chi connectivity index (χ0) is 13.8. The molecule has 1 atom stereocenters. The van der Waals surface area contributed by atoms with Crippen molar-refractivity contribution in [2.75, 3.05) is 13.3 Å². The van der Waals surface area contributed by atoms with Crippen LogP contribution in [0.2, 0.25) is 0 Å². The summed E-state index contributed by atoms with van der Waals surface area (Å²) in [5.41, 5.74) is 0. The molecule has 0 amide bonds. The van der Waals surface area contributed by atoms with E-state index in [-0.39, 0.29) is 12.8 Å². The van der Waals surface area contributed by atoms with Crippen LogP contribution < -0.4 is 0 Å². The van der Waals surface area contributed by atoms with E-state index in [1.165, 1.54) is 64.2 Å². The van der Waals surface area contributed by atoms with Gasteiger partial charge in [-0.2, -0.15) is 0 Å². The second-order valence-corrected chi connectivity index (χ2v) is 5.87. The number of rotatable bonds is 11. The van der Waals surface area contributed by atoms with Crippen LogP contribution in [0.4, 0.5) is 0 Å². The van der Waals surface area contributed by atoms with E-state index in [1.54, 1.807) is 0 Å². The molecule has 0 saturated carbocycles. The molecule has 1 saturated heterocycles. The second-order valence-electron chi connectivity index (χ2n) is 5.87. The molecule has 1 heterocycles. The molecule has 0 aromatic carbocycles. The summed E-state index contributed by atoms with van der Waals surface area (Å²) in [6.07, 6.45) is 15.6. The fourth-order valence-corrected chi connectivity index (χ4v) is 2.78. The summed E-state index contributed by atoms with van der Waals surface area (Å²) in [5.74, 6) is 0. The Morgan fingerprint density at radius 3 is 2.11 bits per heavy atom. The number of unbranched alkanes of at least 4 members (excludes halogenated alkanes) is 9. The van der Waals surface area contributed by atoms with Crippen LogP contribution in [0.15, 0.2) is 0 Å². The van der Waals surface area contributed by atoms with Gasteiger partial charge in [-0.3, -0.25) is 0 Å². The molecule has 19 heavy (non-hydrogen) atoms. The van der Waals surface area contributed by atoms with Crippen molar-refractivity contribution in [1.82, 2.24) is 5.06 Å². The van der Waals surface area contributed by atoms with Gasteiger partial charge in [-0.25, -0.2) is 0 Å². The normalized spacial score (nSPS) is 20.8. The lowest BCUT2D eigenvalue weighted by atomic mass is 10.0. The number of ether oxygens (including phenoxy) is 1. The molecular formula is C16H32NO2-. The molecule has 1 aliphatic rings. The minimum Gasteiger partial charge on any atom is -0.783 e. The van der Waals surface area contributed by atoms with Crippen LogP contribution in [0.1, 0.15) is 84.0 Å². The minimum atomic E-state index is 0.225. The van der Waals surface area contributed by atoms with Gasteiger partial charge < -0.3 is 15.0 Å². The maximum atomic E-state index is 11.5. The third-order valence-electron chi connectivity index (χ3n) is 4.11. The summed E-state index contributed by atoms with van der Waals surface area (Å²) in [6, 6.07) is 0.225. The lowest BCUT2D eigenvalue weighted by molar-refractivity contribution is -0.0228. The molecule has 3 heteroatoms. The maximum Gasteiger partial charge on any atom is 0.0879 e. The summed E-state index contributed by atoms with van der Waals surface area (Å²) in [6.45, 7) is 3.31. The van der Waals surface area contributed by atoms with Crippen molar-refractivity contribution < 1.29 is 4.74 Å². The monoisotopic (exact) mass is 270 g/mol. The van der Waals surface area contributed by atoms with Gasteiger partial charge in [0, 0.05) is 12.6 Å². The van der Waals surface area contributed by atoms with E-state index in [0.717, 1.165) is 24.5 Å². The standard InChI is InChI=1S/C16H32NO2/c1-2-3-4-5-6-7-8-9-10-11-12-16-13-14-19-15-17(16)18/h16H,2-15H2,1H3/q-1. The molecule has 0 aromatic heterocycles. The van der Waals surface area contributed by atoms with Crippen molar-refractivity contribution in [1.29, 1.82) is 0 Å². The molecule has 0 aromatic rings. The van der Waals surface area contributed by atoms with E-state index in [2.05, 4.69) is 6.92 Å². The van der Waals surface area contributed by atoms with Crippen LogP contribution >= 0.6 is 0 Å². The first-order chi connectivity index (χ1) is 9.34. The maximum absolute atomic E-state index is 11.5. The molecule has 114 valence electrons. The van der Waals surface area contributed by atoms with Crippen molar-refractivity contribution in [3.8, 4) is 0 Å². The first-order valence-corrected chi connectivity index (χ1v) is 8.36. The molecule has 0 bridgehead atoms. The first-order valence-electron chi connectivity index (χ1n) is 8.36.